The number of halogens is 1. The fourth-order valence-corrected chi connectivity index (χ4v) is 3.30. The minimum absolute atomic E-state index is 0.0374. The molecule has 0 heterocycles. The van der Waals surface area contributed by atoms with Crippen molar-refractivity contribution in [2.45, 2.75) is 4.90 Å². The molecule has 0 aromatic heterocycles. The second-order valence-electron chi connectivity index (χ2n) is 3.25. The van der Waals surface area contributed by atoms with Crippen molar-refractivity contribution in [1.82, 2.24) is 0 Å². The van der Waals surface area contributed by atoms with Gasteiger partial charge in [-0.05, 0) is 6.07 Å². The van der Waals surface area contributed by atoms with Gasteiger partial charge in [-0.15, -0.1) is 11.8 Å². The van der Waals surface area contributed by atoms with Crippen LogP contribution in [0.2, 0.25) is 0 Å². The zero-order valence-corrected chi connectivity index (χ0v) is 10.3. The van der Waals surface area contributed by atoms with Crippen LogP contribution in [-0.2, 0) is 9.84 Å². The molecule has 0 radical (unpaired) electrons. The maximum Gasteiger partial charge on any atom is 0.151 e. The van der Waals surface area contributed by atoms with Gasteiger partial charge in [0.15, 0.2) is 6.29 Å². The molecule has 1 rings (SSSR count). The average Bonchev–Trinajstić information content (AvgIpc) is 2.18. The second kappa shape index (κ2) is 5.45. The summed E-state index contributed by atoms with van der Waals surface area (Å²) >= 11 is 1.04. The topological polar surface area (TPSA) is 51.2 Å². The maximum absolute atomic E-state index is 13.3. The van der Waals surface area contributed by atoms with Crippen LogP contribution in [0.3, 0.4) is 0 Å². The van der Waals surface area contributed by atoms with Gasteiger partial charge in [0.25, 0.3) is 0 Å². The fourth-order valence-electron chi connectivity index (χ4n) is 1.07. The van der Waals surface area contributed by atoms with E-state index in [1.807, 2.05) is 0 Å². The normalized spacial score (nSPS) is 11.4. The van der Waals surface area contributed by atoms with Crippen molar-refractivity contribution in [3.8, 4) is 0 Å². The summed E-state index contributed by atoms with van der Waals surface area (Å²) in [4.78, 5) is 10.9. The molecule has 16 heavy (non-hydrogen) atoms. The summed E-state index contributed by atoms with van der Waals surface area (Å²) in [6.45, 7) is 0. The Kier molecular flexibility index (Phi) is 4.49. The number of benzene rings is 1. The lowest BCUT2D eigenvalue weighted by molar-refractivity contribution is 0.112. The zero-order chi connectivity index (χ0) is 12.2. The summed E-state index contributed by atoms with van der Waals surface area (Å²) in [5.74, 6) is -0.298. The van der Waals surface area contributed by atoms with Crippen molar-refractivity contribution in [1.29, 1.82) is 0 Å². The van der Waals surface area contributed by atoms with E-state index in [0.717, 1.165) is 18.0 Å². The summed E-state index contributed by atoms with van der Waals surface area (Å²) < 4.78 is 35.1. The van der Waals surface area contributed by atoms with Crippen LogP contribution in [0, 0.1) is 5.82 Å². The van der Waals surface area contributed by atoms with Gasteiger partial charge in [-0.2, -0.15) is 0 Å². The third kappa shape index (κ3) is 3.94. The van der Waals surface area contributed by atoms with Gasteiger partial charge in [0.05, 0.1) is 10.6 Å². The molecular weight excluding hydrogens is 251 g/mol. The molecule has 0 saturated carbocycles. The molecule has 0 aliphatic rings. The van der Waals surface area contributed by atoms with Crippen molar-refractivity contribution in [3.63, 3.8) is 0 Å². The number of sulfone groups is 1. The van der Waals surface area contributed by atoms with Crippen LogP contribution in [0.25, 0.3) is 0 Å². The molecule has 0 atom stereocenters. The summed E-state index contributed by atoms with van der Waals surface area (Å²) in [6, 6.07) is 4.19. The van der Waals surface area contributed by atoms with E-state index < -0.39 is 15.7 Å². The van der Waals surface area contributed by atoms with Crippen molar-refractivity contribution in [3.05, 3.63) is 29.6 Å². The van der Waals surface area contributed by atoms with Crippen LogP contribution in [0.4, 0.5) is 4.39 Å². The Morgan fingerprint density at radius 2 is 2.12 bits per heavy atom. The first kappa shape index (κ1) is 13.2. The maximum atomic E-state index is 13.3. The van der Waals surface area contributed by atoms with Crippen LogP contribution in [0.5, 0.6) is 0 Å². The summed E-state index contributed by atoms with van der Waals surface area (Å²) in [6.07, 6.45) is 1.68. The number of aldehydes is 1. The molecule has 0 fully saturated rings. The van der Waals surface area contributed by atoms with E-state index >= 15 is 0 Å². The average molecular weight is 262 g/mol. The number of rotatable bonds is 5. The molecular formula is C10H11FO3S2. The van der Waals surface area contributed by atoms with Gasteiger partial charge < -0.3 is 0 Å². The SMILES string of the molecule is CS(=O)(=O)CCSc1c(F)cccc1C=O. The molecule has 1 aromatic carbocycles. The Morgan fingerprint density at radius 1 is 1.44 bits per heavy atom. The number of hydrogen-bond donors (Lipinski definition) is 0. The lowest BCUT2D eigenvalue weighted by Crippen LogP contribution is -2.05. The third-order valence-corrected chi connectivity index (χ3v) is 4.16. The number of carbonyl (C=O) groups excluding carboxylic acids is 1. The highest BCUT2D eigenvalue weighted by atomic mass is 32.2. The Labute approximate surface area is 98.0 Å². The van der Waals surface area contributed by atoms with Gasteiger partial charge in [0.2, 0.25) is 0 Å². The first-order valence-corrected chi connectivity index (χ1v) is 7.53. The van der Waals surface area contributed by atoms with Gasteiger partial charge in [-0.1, -0.05) is 12.1 Å². The van der Waals surface area contributed by atoms with E-state index in [4.69, 9.17) is 0 Å². The number of hydrogen-bond acceptors (Lipinski definition) is 4. The molecule has 0 aliphatic heterocycles. The van der Waals surface area contributed by atoms with E-state index in [9.17, 15) is 17.6 Å². The highest BCUT2D eigenvalue weighted by Gasteiger charge is 2.10. The predicted molar refractivity (Wildman–Crippen MR) is 62.2 cm³/mol. The molecule has 0 aliphatic carbocycles. The predicted octanol–water partition coefficient (Wildman–Crippen LogP) is 1.77. The Balaban J connectivity index is 2.77. The highest BCUT2D eigenvalue weighted by Crippen LogP contribution is 2.25. The Morgan fingerprint density at radius 3 is 2.69 bits per heavy atom. The van der Waals surface area contributed by atoms with E-state index in [-0.39, 0.29) is 22.0 Å². The fraction of sp³-hybridized carbons (Fsp3) is 0.300. The first-order chi connectivity index (χ1) is 7.44. The van der Waals surface area contributed by atoms with E-state index in [1.54, 1.807) is 0 Å². The molecule has 0 N–H and O–H groups in total. The van der Waals surface area contributed by atoms with Crippen molar-refractivity contribution in [2.24, 2.45) is 0 Å². The quantitative estimate of drug-likeness (QED) is 0.599. The minimum Gasteiger partial charge on any atom is -0.298 e. The van der Waals surface area contributed by atoms with Crippen LogP contribution in [-0.4, -0.2) is 32.5 Å². The van der Waals surface area contributed by atoms with Crippen molar-refractivity contribution < 1.29 is 17.6 Å². The van der Waals surface area contributed by atoms with Gasteiger partial charge in [0.1, 0.15) is 15.7 Å². The van der Waals surface area contributed by atoms with E-state index in [1.165, 1.54) is 18.2 Å². The van der Waals surface area contributed by atoms with Gasteiger partial charge in [0, 0.05) is 17.6 Å². The standard InChI is InChI=1S/C10H11FO3S2/c1-16(13,14)6-5-15-10-8(7-12)3-2-4-9(10)11/h2-4,7H,5-6H2,1H3. The van der Waals surface area contributed by atoms with Gasteiger partial charge >= 0.3 is 0 Å². The lowest BCUT2D eigenvalue weighted by atomic mass is 10.2. The largest absolute Gasteiger partial charge is 0.298 e. The van der Waals surface area contributed by atoms with Crippen molar-refractivity contribution >= 4 is 27.9 Å². The lowest BCUT2D eigenvalue weighted by Gasteiger charge is -2.05. The molecule has 0 saturated heterocycles. The first-order valence-electron chi connectivity index (χ1n) is 4.48. The third-order valence-electron chi connectivity index (χ3n) is 1.82. The molecule has 3 nitrogen and oxygen atoms in total. The van der Waals surface area contributed by atoms with E-state index in [0.29, 0.717) is 6.29 Å². The number of thioether (sulfide) groups is 1. The summed E-state index contributed by atoms with van der Waals surface area (Å²) in [5, 5.41) is 0. The van der Waals surface area contributed by atoms with Crippen LogP contribution >= 0.6 is 11.8 Å². The number of carbonyl (C=O) groups is 1. The van der Waals surface area contributed by atoms with Crippen LogP contribution in [0.15, 0.2) is 23.1 Å². The van der Waals surface area contributed by atoms with Crippen LogP contribution < -0.4 is 0 Å². The molecule has 88 valence electrons. The zero-order valence-electron chi connectivity index (χ0n) is 8.64. The molecule has 0 bridgehead atoms. The Bertz CT molecular complexity index is 483. The molecule has 0 unspecified atom stereocenters. The monoisotopic (exact) mass is 262 g/mol. The summed E-state index contributed by atoms with van der Waals surface area (Å²) in [5.41, 5.74) is 0.249. The molecule has 6 heteroatoms. The van der Waals surface area contributed by atoms with Gasteiger partial charge in [-0.25, -0.2) is 12.8 Å². The molecule has 0 spiro atoms. The minimum atomic E-state index is -3.06. The molecule has 0 amide bonds. The van der Waals surface area contributed by atoms with Crippen molar-refractivity contribution in [2.75, 3.05) is 17.8 Å². The van der Waals surface area contributed by atoms with Crippen LogP contribution in [0.1, 0.15) is 10.4 Å². The smallest absolute Gasteiger partial charge is 0.151 e. The Hall–Kier alpha value is -0.880. The van der Waals surface area contributed by atoms with E-state index in [2.05, 4.69) is 0 Å². The summed E-state index contributed by atoms with van der Waals surface area (Å²) in [7, 11) is -3.06. The van der Waals surface area contributed by atoms with Gasteiger partial charge in [-0.3, -0.25) is 4.79 Å². The second-order valence-corrected chi connectivity index (χ2v) is 6.62. The molecule has 1 aromatic rings. The highest BCUT2D eigenvalue weighted by molar-refractivity contribution is 8.00.